The predicted octanol–water partition coefficient (Wildman–Crippen LogP) is 4.30. The monoisotopic (exact) mass is 587 g/mol. The highest BCUT2D eigenvalue weighted by Crippen LogP contribution is 2.55. The first kappa shape index (κ1) is 27.3. The van der Waals surface area contributed by atoms with E-state index >= 15 is 4.39 Å². The van der Waals surface area contributed by atoms with Gasteiger partial charge in [0.1, 0.15) is 23.2 Å². The molecule has 0 bridgehead atoms. The summed E-state index contributed by atoms with van der Waals surface area (Å²) in [4.78, 5) is 23.6. The highest BCUT2D eigenvalue weighted by Gasteiger charge is 2.67. The molecular weight excluding hydrogens is 569 g/mol. The molecule has 1 saturated carbocycles. The number of aromatic nitrogens is 3. The summed E-state index contributed by atoms with van der Waals surface area (Å²) < 4.78 is 94.4. The highest BCUT2D eigenvalue weighted by molar-refractivity contribution is 7.89. The maximum Gasteiger partial charge on any atom is 0.451 e. The molecule has 3 heterocycles. The number of hydrogen-bond donors (Lipinski definition) is 1. The van der Waals surface area contributed by atoms with Crippen molar-refractivity contribution >= 4 is 27.5 Å². The number of amides is 1. The maximum absolute atomic E-state index is 15.0. The molecule has 1 aromatic carbocycles. The average Bonchev–Trinajstić information content (AvgIpc) is 3.61. The fourth-order valence-corrected chi connectivity index (χ4v) is 6.91. The van der Waals surface area contributed by atoms with Crippen molar-refractivity contribution in [2.45, 2.75) is 54.6 Å². The number of nitrogens with zero attached hydrogens (tertiary/aromatic N) is 4. The first-order valence-corrected chi connectivity index (χ1v) is 13.4. The lowest BCUT2D eigenvalue weighted by Gasteiger charge is -2.29. The first-order chi connectivity index (χ1) is 18.3. The van der Waals surface area contributed by atoms with Crippen molar-refractivity contribution in [2.24, 2.45) is 0 Å². The molecule has 2 atom stereocenters. The van der Waals surface area contributed by atoms with Gasteiger partial charge in [0.15, 0.2) is 0 Å². The molecule has 1 aliphatic carbocycles. The third kappa shape index (κ3) is 5.20. The molecule has 39 heavy (non-hydrogen) atoms. The van der Waals surface area contributed by atoms with Gasteiger partial charge in [-0.25, -0.2) is 32.2 Å². The van der Waals surface area contributed by atoms with E-state index in [1.54, 1.807) is 0 Å². The van der Waals surface area contributed by atoms with E-state index in [0.29, 0.717) is 5.56 Å². The van der Waals surface area contributed by atoms with Crippen LogP contribution in [0.25, 0.3) is 11.3 Å². The van der Waals surface area contributed by atoms with Crippen molar-refractivity contribution in [3.63, 3.8) is 0 Å². The Balaban J connectivity index is 1.36. The fraction of sp³-hybridized carbons (Fsp3) is 0.333. The second-order valence-electron chi connectivity index (χ2n) is 9.27. The molecule has 0 unspecified atom stereocenters. The molecule has 8 nitrogen and oxygen atoms in total. The number of sulfonamides is 1. The topological polar surface area (TPSA) is 105 Å². The van der Waals surface area contributed by atoms with Crippen LogP contribution in [0.15, 0.2) is 53.7 Å². The Hall–Kier alpha value is -3.23. The summed E-state index contributed by atoms with van der Waals surface area (Å²) in [5.41, 5.74) is -0.656. The molecule has 5 rings (SSSR count). The number of nitrogens with one attached hydrogen (secondary N) is 1. The largest absolute Gasteiger partial charge is 0.451 e. The second kappa shape index (κ2) is 9.75. The zero-order valence-electron chi connectivity index (χ0n) is 19.8. The lowest BCUT2D eigenvalue weighted by molar-refractivity contribution is -0.145. The maximum atomic E-state index is 15.0. The Morgan fingerprint density at radius 3 is 2.36 bits per heavy atom. The van der Waals surface area contributed by atoms with Gasteiger partial charge in [-0.1, -0.05) is 11.6 Å². The van der Waals surface area contributed by atoms with E-state index in [1.807, 2.05) is 0 Å². The summed E-state index contributed by atoms with van der Waals surface area (Å²) >= 11 is 6.06. The van der Waals surface area contributed by atoms with E-state index in [4.69, 9.17) is 11.6 Å². The molecular formula is C24H19ClF5N5O3S. The van der Waals surface area contributed by atoms with Gasteiger partial charge < -0.3 is 5.32 Å². The molecule has 2 aromatic heterocycles. The number of carbonyl (C=O) groups excluding carboxylic acids is 1. The quantitative estimate of drug-likeness (QED) is 0.341. The summed E-state index contributed by atoms with van der Waals surface area (Å²) in [5.74, 6) is -2.72. The SMILES string of the molecule is O=C(NCc1cc(Cl)nc(-c2cnc(C(F)(F)F)nc2)c1)[C@@H]1C[C@@H](F)C2(CC2)N1S(=O)(=O)c1ccc(F)cc1. The molecule has 1 saturated heterocycles. The smallest absolute Gasteiger partial charge is 0.351 e. The normalized spacial score (nSPS) is 20.8. The Kier molecular flexibility index (Phi) is 6.84. The van der Waals surface area contributed by atoms with E-state index in [2.05, 4.69) is 20.3 Å². The van der Waals surface area contributed by atoms with Crippen LogP contribution in [0.4, 0.5) is 22.0 Å². The van der Waals surface area contributed by atoms with Gasteiger partial charge in [0.25, 0.3) is 0 Å². The molecule has 1 aliphatic heterocycles. The van der Waals surface area contributed by atoms with Gasteiger partial charge in [-0.2, -0.15) is 17.5 Å². The molecule has 1 spiro atoms. The minimum atomic E-state index is -4.72. The molecule has 3 aromatic rings. The Morgan fingerprint density at radius 1 is 1.13 bits per heavy atom. The predicted molar refractivity (Wildman–Crippen MR) is 128 cm³/mol. The van der Waals surface area contributed by atoms with Crippen molar-refractivity contribution in [2.75, 3.05) is 0 Å². The van der Waals surface area contributed by atoms with Gasteiger partial charge in [-0.3, -0.25) is 4.79 Å². The fourth-order valence-electron chi connectivity index (χ4n) is 4.68. The standard InChI is InChI=1S/C24H19ClF5N5O3S/c25-20-8-13(7-17(34-20)14-11-32-22(33-12-14)24(28,29)30)10-31-21(36)18-9-19(27)23(5-6-23)35(18)39(37,38)16-3-1-15(26)2-4-16/h1-4,7-8,11-12,18-19H,5-6,9-10H2,(H,31,36)/t18-,19+/m0/s1. The summed E-state index contributed by atoms with van der Waals surface area (Å²) in [6, 6.07) is 5.56. The summed E-state index contributed by atoms with van der Waals surface area (Å²) in [6.45, 7) is -0.166. The van der Waals surface area contributed by atoms with E-state index < -0.39 is 51.5 Å². The molecule has 2 fully saturated rings. The third-order valence-corrected chi connectivity index (χ3v) is 8.89. The van der Waals surface area contributed by atoms with E-state index in [-0.39, 0.29) is 47.1 Å². The van der Waals surface area contributed by atoms with Crippen molar-refractivity contribution in [1.29, 1.82) is 0 Å². The van der Waals surface area contributed by atoms with Crippen molar-refractivity contribution in [1.82, 2.24) is 24.6 Å². The third-order valence-electron chi connectivity index (χ3n) is 6.69. The molecule has 1 amide bonds. The second-order valence-corrected chi connectivity index (χ2v) is 11.5. The van der Waals surface area contributed by atoms with Crippen LogP contribution in [-0.2, 0) is 27.5 Å². The van der Waals surface area contributed by atoms with Gasteiger partial charge in [0.2, 0.25) is 21.8 Å². The van der Waals surface area contributed by atoms with Crippen LogP contribution >= 0.6 is 11.6 Å². The minimum Gasteiger partial charge on any atom is -0.351 e. The van der Waals surface area contributed by atoms with Crippen LogP contribution in [0, 0.1) is 5.82 Å². The van der Waals surface area contributed by atoms with Crippen molar-refractivity contribution < 1.29 is 35.2 Å². The van der Waals surface area contributed by atoms with Crippen molar-refractivity contribution in [3.05, 3.63) is 71.2 Å². The average molecular weight is 588 g/mol. The van der Waals surface area contributed by atoms with Crippen molar-refractivity contribution in [3.8, 4) is 11.3 Å². The van der Waals surface area contributed by atoms with Gasteiger partial charge in [0, 0.05) is 30.9 Å². The molecule has 206 valence electrons. The van der Waals surface area contributed by atoms with Crippen LogP contribution in [0.5, 0.6) is 0 Å². The molecule has 15 heteroatoms. The lowest BCUT2D eigenvalue weighted by Crippen LogP contribution is -2.50. The lowest BCUT2D eigenvalue weighted by atomic mass is 10.1. The van der Waals surface area contributed by atoms with E-state index in [1.165, 1.54) is 12.1 Å². The number of hydrogen-bond acceptors (Lipinski definition) is 6. The van der Waals surface area contributed by atoms with Gasteiger partial charge >= 0.3 is 6.18 Å². The van der Waals surface area contributed by atoms with Gasteiger partial charge in [-0.05, 0) is 54.8 Å². The van der Waals surface area contributed by atoms with E-state index in [0.717, 1.165) is 41.0 Å². The Morgan fingerprint density at radius 2 is 1.77 bits per heavy atom. The summed E-state index contributed by atoms with van der Waals surface area (Å²) in [7, 11) is -4.33. The number of pyridine rings is 1. The first-order valence-electron chi connectivity index (χ1n) is 11.6. The molecule has 2 aliphatic rings. The number of carbonyl (C=O) groups is 1. The summed E-state index contributed by atoms with van der Waals surface area (Å²) in [5, 5.41) is 2.56. The number of rotatable bonds is 6. The van der Waals surface area contributed by atoms with E-state index in [9.17, 15) is 30.8 Å². The number of halogens is 6. The number of alkyl halides is 4. The number of benzene rings is 1. The molecule has 0 radical (unpaired) electrons. The van der Waals surface area contributed by atoms with Crippen LogP contribution in [0.3, 0.4) is 0 Å². The zero-order chi connectivity index (χ0) is 28.2. The van der Waals surface area contributed by atoms with Gasteiger partial charge in [0.05, 0.1) is 16.1 Å². The Labute approximate surface area is 224 Å². The van der Waals surface area contributed by atoms with Crippen LogP contribution < -0.4 is 5.32 Å². The van der Waals surface area contributed by atoms with Gasteiger partial charge in [-0.15, -0.1) is 0 Å². The highest BCUT2D eigenvalue weighted by atomic mass is 35.5. The zero-order valence-corrected chi connectivity index (χ0v) is 21.4. The van der Waals surface area contributed by atoms with Crippen LogP contribution in [-0.4, -0.2) is 51.3 Å². The van der Waals surface area contributed by atoms with Crippen LogP contribution in [0.1, 0.15) is 30.7 Å². The molecule has 1 N–H and O–H groups in total. The summed E-state index contributed by atoms with van der Waals surface area (Å²) in [6.07, 6.45) is -4.27. The Bertz CT molecular complexity index is 1520. The van der Waals surface area contributed by atoms with Crippen LogP contribution in [0.2, 0.25) is 5.15 Å². The minimum absolute atomic E-state index is 0.0289.